The number of amides is 3. The van der Waals surface area contributed by atoms with Crippen molar-refractivity contribution in [3.05, 3.63) is 33.9 Å². The predicted octanol–water partition coefficient (Wildman–Crippen LogP) is -0.395. The van der Waals surface area contributed by atoms with Crippen molar-refractivity contribution in [1.29, 1.82) is 0 Å². The van der Waals surface area contributed by atoms with E-state index in [4.69, 9.17) is 0 Å². The number of hydrogen-bond donors (Lipinski definition) is 2. The van der Waals surface area contributed by atoms with E-state index in [9.17, 15) is 24.8 Å². The summed E-state index contributed by atoms with van der Waals surface area (Å²) in [7, 11) is 0. The number of hydrogen-bond acceptors (Lipinski definition) is 5. The van der Waals surface area contributed by atoms with Gasteiger partial charge in [-0.25, -0.2) is 9.79 Å². The second kappa shape index (κ2) is 5.34. The fraction of sp³-hybridized carbons (Fsp3) is 0.471. The van der Waals surface area contributed by atoms with Crippen LogP contribution in [0.2, 0.25) is 0 Å². The molecule has 2 N–H and O–H groups in total. The Morgan fingerprint density at radius 1 is 1.31 bits per heavy atom. The number of carbonyl (C=O) groups is 2. The molecule has 0 aliphatic carbocycles. The number of fused-ring (bicyclic) bond motifs is 4. The van der Waals surface area contributed by atoms with Gasteiger partial charge in [0, 0.05) is 36.6 Å². The van der Waals surface area contributed by atoms with Crippen LogP contribution >= 0.6 is 0 Å². The summed E-state index contributed by atoms with van der Waals surface area (Å²) in [4.78, 5) is 39.6. The van der Waals surface area contributed by atoms with E-state index < -0.39 is 33.7 Å². The standard InChI is InChI=1S/C17H18N4O5/c1-16-6-2-3-7-20(16)12-5-4-11(21(25)26)8-10(12)9-17(16)13(22)18-15(24)19-14(17)23/h4-5,8H,2-3,6-7,9H2,1H3,(H2,18,19,22,23,24). The number of imide groups is 1. The molecule has 1 spiro atoms. The highest BCUT2D eigenvalue weighted by molar-refractivity contribution is 6.17. The van der Waals surface area contributed by atoms with Crippen LogP contribution in [-0.2, 0) is 11.2 Å². The minimum Gasteiger partial charge on any atom is -0.861 e. The molecule has 1 aromatic carbocycles. The SMILES string of the molecule is CC12CCCC[NH+]1c1ccc([N+](=O)[O-])cc1CC21C(=O)NC(=O)N=C1[O-]. The van der Waals surface area contributed by atoms with E-state index in [2.05, 4.69) is 10.3 Å². The van der Waals surface area contributed by atoms with Gasteiger partial charge < -0.3 is 5.11 Å². The van der Waals surface area contributed by atoms with Crippen molar-refractivity contribution in [2.24, 2.45) is 10.4 Å². The maximum atomic E-state index is 12.9. The lowest BCUT2D eigenvalue weighted by atomic mass is 9.59. The Labute approximate surface area is 148 Å². The zero-order valence-electron chi connectivity index (χ0n) is 14.2. The molecule has 0 bridgehead atoms. The summed E-state index contributed by atoms with van der Waals surface area (Å²) in [6, 6.07) is 3.65. The zero-order chi connectivity index (χ0) is 18.7. The molecular formula is C17H18N4O5. The number of rotatable bonds is 1. The Morgan fingerprint density at radius 2 is 2.08 bits per heavy atom. The molecule has 3 unspecified atom stereocenters. The van der Waals surface area contributed by atoms with Gasteiger partial charge in [0.2, 0.25) is 5.91 Å². The third-order valence-electron chi connectivity index (χ3n) is 6.22. The lowest BCUT2D eigenvalue weighted by Crippen LogP contribution is -3.20. The van der Waals surface area contributed by atoms with Gasteiger partial charge in [0.1, 0.15) is 16.6 Å². The number of non-ortho nitro benzene ring substituents is 1. The molecule has 0 saturated carbocycles. The fourth-order valence-corrected chi connectivity index (χ4v) is 4.88. The molecule has 0 radical (unpaired) electrons. The minimum absolute atomic E-state index is 0.00542. The number of nitro benzene ring substituents is 1. The van der Waals surface area contributed by atoms with Gasteiger partial charge in [0.05, 0.1) is 11.5 Å². The number of urea groups is 1. The maximum absolute atomic E-state index is 12.9. The van der Waals surface area contributed by atoms with E-state index in [-0.39, 0.29) is 12.1 Å². The van der Waals surface area contributed by atoms with Crippen LogP contribution in [0.15, 0.2) is 23.2 Å². The topological polar surface area (TPSA) is 129 Å². The molecule has 1 fully saturated rings. The fourth-order valence-electron chi connectivity index (χ4n) is 4.88. The molecule has 3 atom stereocenters. The monoisotopic (exact) mass is 358 g/mol. The molecule has 9 heteroatoms. The maximum Gasteiger partial charge on any atom is 0.346 e. The van der Waals surface area contributed by atoms with Crippen LogP contribution in [0.25, 0.3) is 0 Å². The van der Waals surface area contributed by atoms with E-state index in [0.717, 1.165) is 23.4 Å². The number of nitro groups is 1. The predicted molar refractivity (Wildman–Crippen MR) is 88.0 cm³/mol. The number of nitrogens with one attached hydrogen (secondary N) is 2. The van der Waals surface area contributed by atoms with Gasteiger partial charge in [0.15, 0.2) is 0 Å². The summed E-state index contributed by atoms with van der Waals surface area (Å²) in [5, 5.41) is 26.2. The van der Waals surface area contributed by atoms with Crippen molar-refractivity contribution in [3.8, 4) is 0 Å². The van der Waals surface area contributed by atoms with Gasteiger partial charge >= 0.3 is 6.03 Å². The average molecular weight is 358 g/mol. The zero-order valence-corrected chi connectivity index (χ0v) is 14.2. The third-order valence-corrected chi connectivity index (χ3v) is 6.22. The number of piperidine rings is 1. The summed E-state index contributed by atoms with van der Waals surface area (Å²) in [5.41, 5.74) is -0.920. The summed E-state index contributed by atoms with van der Waals surface area (Å²) < 4.78 is 0. The van der Waals surface area contributed by atoms with Crippen molar-refractivity contribution in [1.82, 2.24) is 5.32 Å². The summed E-state index contributed by atoms with van der Waals surface area (Å²) in [6.07, 6.45) is 2.41. The van der Waals surface area contributed by atoms with Crippen LogP contribution in [0.5, 0.6) is 0 Å². The number of nitrogens with zero attached hydrogens (tertiary/aromatic N) is 2. The number of quaternary nitrogens is 1. The Bertz CT molecular complexity index is 882. The van der Waals surface area contributed by atoms with Crippen LogP contribution in [0.3, 0.4) is 0 Å². The first-order valence-corrected chi connectivity index (χ1v) is 8.55. The van der Waals surface area contributed by atoms with Gasteiger partial charge in [-0.1, -0.05) is 0 Å². The van der Waals surface area contributed by atoms with Crippen molar-refractivity contribution in [3.63, 3.8) is 0 Å². The van der Waals surface area contributed by atoms with E-state index in [1.807, 2.05) is 6.92 Å². The smallest absolute Gasteiger partial charge is 0.346 e. The Morgan fingerprint density at radius 3 is 2.77 bits per heavy atom. The molecule has 3 heterocycles. The van der Waals surface area contributed by atoms with Crippen molar-refractivity contribution in [2.75, 3.05) is 6.54 Å². The molecule has 3 amide bonds. The lowest BCUT2D eigenvalue weighted by molar-refractivity contribution is -0.905. The summed E-state index contributed by atoms with van der Waals surface area (Å²) in [5.74, 6) is -1.40. The molecular weight excluding hydrogens is 340 g/mol. The minimum atomic E-state index is -1.53. The number of carbonyl (C=O) groups excluding carboxylic acids is 2. The molecule has 26 heavy (non-hydrogen) atoms. The average Bonchev–Trinajstić information content (AvgIpc) is 2.58. The second-order valence-corrected chi connectivity index (χ2v) is 7.37. The second-order valence-electron chi connectivity index (χ2n) is 7.37. The number of benzene rings is 1. The first-order valence-electron chi connectivity index (χ1n) is 8.55. The molecule has 1 saturated heterocycles. The normalized spacial score (nSPS) is 33.1. The van der Waals surface area contributed by atoms with E-state index in [1.165, 1.54) is 12.1 Å². The van der Waals surface area contributed by atoms with Gasteiger partial charge in [-0.2, -0.15) is 0 Å². The molecule has 0 aromatic heterocycles. The molecule has 136 valence electrons. The molecule has 4 rings (SSSR count). The van der Waals surface area contributed by atoms with Gasteiger partial charge in [0.25, 0.3) is 5.69 Å². The van der Waals surface area contributed by atoms with E-state index in [1.54, 1.807) is 6.07 Å². The van der Waals surface area contributed by atoms with Crippen LogP contribution < -0.4 is 15.3 Å². The largest absolute Gasteiger partial charge is 0.861 e. The van der Waals surface area contributed by atoms with Gasteiger partial charge in [-0.3, -0.25) is 25.1 Å². The van der Waals surface area contributed by atoms with Crippen molar-refractivity contribution >= 4 is 29.2 Å². The highest BCUT2D eigenvalue weighted by Crippen LogP contribution is 2.45. The van der Waals surface area contributed by atoms with Crippen molar-refractivity contribution < 1.29 is 24.5 Å². The summed E-state index contributed by atoms with van der Waals surface area (Å²) >= 11 is 0. The van der Waals surface area contributed by atoms with Crippen LogP contribution in [-0.4, -0.2) is 34.8 Å². The van der Waals surface area contributed by atoms with Crippen molar-refractivity contribution in [2.45, 2.75) is 38.1 Å². The Balaban J connectivity index is 1.97. The van der Waals surface area contributed by atoms with Gasteiger partial charge in [-0.15, -0.1) is 0 Å². The quantitative estimate of drug-likeness (QED) is 0.521. The Hall–Kier alpha value is -2.81. The highest BCUT2D eigenvalue weighted by Gasteiger charge is 2.65. The van der Waals surface area contributed by atoms with Gasteiger partial charge in [-0.05, 0) is 25.7 Å². The lowest BCUT2D eigenvalue weighted by Gasteiger charge is -2.57. The first-order chi connectivity index (χ1) is 12.3. The molecule has 3 aliphatic rings. The molecule has 9 nitrogen and oxygen atoms in total. The van der Waals surface area contributed by atoms with E-state index >= 15 is 0 Å². The Kier molecular flexibility index (Phi) is 3.42. The van der Waals surface area contributed by atoms with Crippen LogP contribution in [0, 0.1) is 15.5 Å². The number of aliphatic imine (C=N–C) groups is 1. The van der Waals surface area contributed by atoms with Crippen LogP contribution in [0.4, 0.5) is 16.2 Å². The molecule has 1 aromatic rings. The highest BCUT2D eigenvalue weighted by atomic mass is 16.6. The van der Waals surface area contributed by atoms with E-state index in [0.29, 0.717) is 18.5 Å². The summed E-state index contributed by atoms with van der Waals surface area (Å²) in [6.45, 7) is 2.59. The van der Waals surface area contributed by atoms with Crippen LogP contribution in [0.1, 0.15) is 31.7 Å². The first kappa shape index (κ1) is 16.6. The molecule has 3 aliphatic heterocycles. The third kappa shape index (κ3) is 1.97.